The van der Waals surface area contributed by atoms with E-state index in [4.69, 9.17) is 23.2 Å². The maximum absolute atomic E-state index is 12.6. The molecule has 1 aromatic heterocycles. The van der Waals surface area contributed by atoms with Crippen LogP contribution in [-0.4, -0.2) is 21.4 Å². The van der Waals surface area contributed by atoms with E-state index in [1.165, 1.54) is 6.20 Å². The van der Waals surface area contributed by atoms with Gasteiger partial charge in [-0.05, 0) is 23.8 Å². The van der Waals surface area contributed by atoms with Gasteiger partial charge >= 0.3 is 6.18 Å². The number of fused-ring (bicyclic) bond motifs is 1. The molecule has 3 rings (SSSR count). The Kier molecular flexibility index (Phi) is 4.49. The van der Waals surface area contributed by atoms with Crippen LogP contribution in [0.3, 0.4) is 0 Å². The lowest BCUT2D eigenvalue weighted by Gasteiger charge is -2.28. The Morgan fingerprint density at radius 2 is 2.00 bits per heavy atom. The molecule has 1 aliphatic heterocycles. The summed E-state index contributed by atoms with van der Waals surface area (Å²) < 4.78 is 37.9. The van der Waals surface area contributed by atoms with E-state index in [-0.39, 0.29) is 0 Å². The van der Waals surface area contributed by atoms with Gasteiger partial charge in [-0.1, -0.05) is 23.2 Å². The second kappa shape index (κ2) is 6.26. The third-order valence-electron chi connectivity index (χ3n) is 3.67. The summed E-state index contributed by atoms with van der Waals surface area (Å²) in [6.45, 7) is 1.65. The van der Waals surface area contributed by atoms with E-state index in [0.717, 1.165) is 5.56 Å². The average molecular weight is 362 g/mol. The molecule has 0 unspecified atom stereocenters. The standard InChI is InChI=1S/C15H12Cl2F3N3/c16-11-1-2-12(17)9(5-11)7-23-4-3-13-10(8-23)6-21-14(22-13)15(18,19)20/h1-2,5-6H,3-4,7-8H2. The van der Waals surface area contributed by atoms with E-state index >= 15 is 0 Å². The first kappa shape index (κ1) is 16.5. The van der Waals surface area contributed by atoms with E-state index in [2.05, 4.69) is 14.9 Å². The van der Waals surface area contributed by atoms with E-state index < -0.39 is 12.0 Å². The summed E-state index contributed by atoms with van der Waals surface area (Å²) in [6, 6.07) is 5.24. The van der Waals surface area contributed by atoms with Crippen molar-refractivity contribution in [2.24, 2.45) is 0 Å². The molecule has 2 heterocycles. The van der Waals surface area contributed by atoms with Crippen LogP contribution in [0.25, 0.3) is 0 Å². The van der Waals surface area contributed by atoms with Gasteiger partial charge < -0.3 is 0 Å². The zero-order valence-corrected chi connectivity index (χ0v) is 13.4. The topological polar surface area (TPSA) is 29.0 Å². The summed E-state index contributed by atoms with van der Waals surface area (Å²) in [6.07, 6.45) is -2.81. The Hall–Kier alpha value is -1.37. The normalized spacial score (nSPS) is 15.5. The van der Waals surface area contributed by atoms with E-state index in [9.17, 15) is 13.2 Å². The first-order chi connectivity index (χ1) is 10.8. The summed E-state index contributed by atoms with van der Waals surface area (Å²) >= 11 is 12.1. The molecule has 2 aromatic rings. The van der Waals surface area contributed by atoms with Gasteiger partial charge in [0.25, 0.3) is 0 Å². The Bertz CT molecular complexity index is 734. The molecule has 0 spiro atoms. The maximum atomic E-state index is 12.6. The molecule has 0 fully saturated rings. The zero-order chi connectivity index (χ0) is 16.6. The minimum atomic E-state index is -4.51. The van der Waals surface area contributed by atoms with E-state index in [0.29, 0.717) is 47.4 Å². The second-order valence-corrected chi connectivity index (χ2v) is 6.20. The van der Waals surface area contributed by atoms with Crippen LogP contribution >= 0.6 is 23.2 Å². The number of halogens is 5. The molecule has 23 heavy (non-hydrogen) atoms. The SMILES string of the molecule is FC(F)(F)c1ncc2c(n1)CCN(Cc1cc(Cl)ccc1Cl)C2. The molecule has 0 aliphatic carbocycles. The highest BCUT2D eigenvalue weighted by Gasteiger charge is 2.35. The highest BCUT2D eigenvalue weighted by molar-refractivity contribution is 6.33. The summed E-state index contributed by atoms with van der Waals surface area (Å²) in [7, 11) is 0. The molecule has 1 aliphatic rings. The van der Waals surface area contributed by atoms with Crippen molar-refractivity contribution < 1.29 is 13.2 Å². The summed E-state index contributed by atoms with van der Waals surface area (Å²) in [4.78, 5) is 9.15. The minimum Gasteiger partial charge on any atom is -0.294 e. The van der Waals surface area contributed by atoms with E-state index in [1.54, 1.807) is 18.2 Å². The number of rotatable bonds is 2. The number of alkyl halides is 3. The molecule has 1 aromatic carbocycles. The molecule has 0 radical (unpaired) electrons. The summed E-state index contributed by atoms with van der Waals surface area (Å²) in [5.41, 5.74) is 2.05. The van der Waals surface area contributed by atoms with Crippen LogP contribution in [0.4, 0.5) is 13.2 Å². The molecule has 122 valence electrons. The first-order valence-electron chi connectivity index (χ1n) is 6.91. The highest BCUT2D eigenvalue weighted by atomic mass is 35.5. The third-order valence-corrected chi connectivity index (χ3v) is 4.27. The van der Waals surface area contributed by atoms with Gasteiger partial charge in [0.2, 0.25) is 5.82 Å². The van der Waals surface area contributed by atoms with Crippen LogP contribution in [0.1, 0.15) is 22.6 Å². The van der Waals surface area contributed by atoms with Gasteiger partial charge in [-0.3, -0.25) is 4.90 Å². The second-order valence-electron chi connectivity index (χ2n) is 5.36. The number of hydrogen-bond donors (Lipinski definition) is 0. The molecular formula is C15H12Cl2F3N3. The zero-order valence-electron chi connectivity index (χ0n) is 11.9. The van der Waals surface area contributed by atoms with Crippen molar-refractivity contribution in [3.8, 4) is 0 Å². The van der Waals surface area contributed by atoms with Crippen molar-refractivity contribution >= 4 is 23.2 Å². The molecule has 0 saturated carbocycles. The maximum Gasteiger partial charge on any atom is 0.451 e. The molecule has 8 heteroatoms. The number of aromatic nitrogens is 2. The number of benzene rings is 1. The fourth-order valence-electron chi connectivity index (χ4n) is 2.55. The Morgan fingerprint density at radius 1 is 1.22 bits per heavy atom. The average Bonchev–Trinajstić information content (AvgIpc) is 2.49. The van der Waals surface area contributed by atoms with Gasteiger partial charge in [-0.15, -0.1) is 0 Å². The van der Waals surface area contributed by atoms with Gasteiger partial charge in [0.05, 0.1) is 5.69 Å². The van der Waals surface area contributed by atoms with Crippen LogP contribution in [0.15, 0.2) is 24.4 Å². The van der Waals surface area contributed by atoms with Crippen molar-refractivity contribution in [3.05, 3.63) is 57.1 Å². The van der Waals surface area contributed by atoms with Gasteiger partial charge in [0.15, 0.2) is 0 Å². The van der Waals surface area contributed by atoms with Crippen LogP contribution < -0.4 is 0 Å². The molecule has 0 bridgehead atoms. The Morgan fingerprint density at radius 3 is 2.74 bits per heavy atom. The molecule has 0 saturated heterocycles. The van der Waals surface area contributed by atoms with Crippen molar-refractivity contribution in [1.29, 1.82) is 0 Å². The minimum absolute atomic E-state index is 0.444. The number of hydrogen-bond acceptors (Lipinski definition) is 3. The fraction of sp³-hybridized carbons (Fsp3) is 0.333. The van der Waals surface area contributed by atoms with Crippen molar-refractivity contribution in [3.63, 3.8) is 0 Å². The van der Waals surface area contributed by atoms with Gasteiger partial charge in [0.1, 0.15) is 0 Å². The van der Waals surface area contributed by atoms with Crippen LogP contribution in [0, 0.1) is 0 Å². The lowest BCUT2D eigenvalue weighted by molar-refractivity contribution is -0.145. The lowest BCUT2D eigenvalue weighted by atomic mass is 10.1. The summed E-state index contributed by atoms with van der Waals surface area (Å²) in [5.74, 6) is -1.08. The molecule has 0 atom stereocenters. The van der Waals surface area contributed by atoms with E-state index in [1.807, 2.05) is 0 Å². The third kappa shape index (κ3) is 3.76. The van der Waals surface area contributed by atoms with Crippen LogP contribution in [0.5, 0.6) is 0 Å². The van der Waals surface area contributed by atoms with Gasteiger partial charge in [-0.25, -0.2) is 9.97 Å². The van der Waals surface area contributed by atoms with Crippen LogP contribution in [-0.2, 0) is 25.7 Å². The quantitative estimate of drug-likeness (QED) is 0.795. The summed E-state index contributed by atoms with van der Waals surface area (Å²) in [5, 5.41) is 1.21. The van der Waals surface area contributed by atoms with Crippen LogP contribution in [0.2, 0.25) is 10.0 Å². The predicted octanol–water partition coefficient (Wildman–Crippen LogP) is 4.36. The monoisotopic (exact) mass is 361 g/mol. The van der Waals surface area contributed by atoms with Crippen molar-refractivity contribution in [1.82, 2.24) is 14.9 Å². The van der Waals surface area contributed by atoms with Gasteiger partial charge in [-0.2, -0.15) is 13.2 Å². The van der Waals surface area contributed by atoms with Crippen molar-refractivity contribution in [2.75, 3.05) is 6.54 Å². The Labute approximate surface area is 141 Å². The predicted molar refractivity (Wildman–Crippen MR) is 81.3 cm³/mol. The first-order valence-corrected chi connectivity index (χ1v) is 7.67. The molecular weight excluding hydrogens is 350 g/mol. The van der Waals surface area contributed by atoms with Gasteiger partial charge in [0, 0.05) is 47.9 Å². The number of nitrogens with zero attached hydrogens (tertiary/aromatic N) is 3. The molecule has 0 N–H and O–H groups in total. The largest absolute Gasteiger partial charge is 0.451 e. The Balaban J connectivity index is 1.77. The fourth-order valence-corrected chi connectivity index (χ4v) is 2.92. The smallest absolute Gasteiger partial charge is 0.294 e. The molecule has 0 amide bonds. The lowest BCUT2D eigenvalue weighted by Crippen LogP contribution is -2.31. The van der Waals surface area contributed by atoms with Crippen molar-refractivity contribution in [2.45, 2.75) is 25.7 Å². The highest BCUT2D eigenvalue weighted by Crippen LogP contribution is 2.29. The molecule has 3 nitrogen and oxygen atoms in total.